The third kappa shape index (κ3) is 3.13. The van der Waals surface area contributed by atoms with Crippen LogP contribution in [0.2, 0.25) is 0 Å². The molecule has 0 radical (unpaired) electrons. The van der Waals surface area contributed by atoms with Gasteiger partial charge in [0.15, 0.2) is 0 Å². The Hall–Kier alpha value is -1.40. The Bertz CT molecular complexity index is 424. The van der Waals surface area contributed by atoms with Gasteiger partial charge in [-0.1, -0.05) is 0 Å². The summed E-state index contributed by atoms with van der Waals surface area (Å²) in [4.78, 5) is 12.3. The second kappa shape index (κ2) is 6.16. The molecule has 1 aromatic heterocycles. The molecule has 0 saturated carbocycles. The number of nitrogens with zero attached hydrogens (tertiary/aromatic N) is 2. The van der Waals surface area contributed by atoms with E-state index < -0.39 is 5.41 Å². The van der Waals surface area contributed by atoms with Crippen molar-refractivity contribution < 1.29 is 9.53 Å². The first-order valence-electron chi connectivity index (χ1n) is 6.71. The molecule has 6 heteroatoms. The molecule has 1 aliphatic heterocycles. The van der Waals surface area contributed by atoms with Crippen molar-refractivity contribution in [1.29, 1.82) is 0 Å². The van der Waals surface area contributed by atoms with E-state index in [1.807, 2.05) is 17.8 Å². The quantitative estimate of drug-likeness (QED) is 0.775. The van der Waals surface area contributed by atoms with Crippen LogP contribution in [0.4, 0.5) is 0 Å². The Morgan fingerprint density at radius 2 is 2.32 bits per heavy atom. The molecule has 3 N–H and O–H groups in total. The van der Waals surface area contributed by atoms with E-state index in [2.05, 4.69) is 10.4 Å². The Labute approximate surface area is 113 Å². The van der Waals surface area contributed by atoms with Crippen LogP contribution in [0.1, 0.15) is 18.5 Å². The van der Waals surface area contributed by atoms with E-state index in [4.69, 9.17) is 10.5 Å². The van der Waals surface area contributed by atoms with Crippen molar-refractivity contribution in [2.45, 2.75) is 19.3 Å². The van der Waals surface area contributed by atoms with E-state index >= 15 is 0 Å². The fourth-order valence-electron chi connectivity index (χ4n) is 2.42. The second-order valence-electron chi connectivity index (χ2n) is 5.05. The highest BCUT2D eigenvalue weighted by atomic mass is 16.5. The zero-order valence-electron chi connectivity index (χ0n) is 11.4. The van der Waals surface area contributed by atoms with Crippen molar-refractivity contribution >= 4 is 5.91 Å². The summed E-state index contributed by atoms with van der Waals surface area (Å²) in [6, 6.07) is 1.96. The number of nitrogens with two attached hydrogens (primary N) is 1. The van der Waals surface area contributed by atoms with E-state index in [9.17, 15) is 4.79 Å². The second-order valence-corrected chi connectivity index (χ2v) is 5.05. The van der Waals surface area contributed by atoms with Crippen LogP contribution in [-0.4, -0.2) is 42.0 Å². The number of rotatable bonds is 5. The van der Waals surface area contributed by atoms with Crippen LogP contribution >= 0.6 is 0 Å². The van der Waals surface area contributed by atoms with Gasteiger partial charge in [-0.25, -0.2) is 0 Å². The summed E-state index contributed by atoms with van der Waals surface area (Å²) >= 11 is 0. The fourth-order valence-corrected chi connectivity index (χ4v) is 2.42. The van der Waals surface area contributed by atoms with Crippen LogP contribution in [0.5, 0.6) is 0 Å². The molecular weight excluding hydrogens is 244 g/mol. The van der Waals surface area contributed by atoms with Crippen LogP contribution in [0.25, 0.3) is 0 Å². The molecule has 0 aliphatic carbocycles. The molecule has 1 saturated heterocycles. The standard InChI is InChI=1S/C13H22N4O2/c1-17-11(3-7-16-17)2-6-15-12(18)13(10-14)4-8-19-9-5-13/h3,7H,2,4-6,8-10,14H2,1H3,(H,15,18). The first kappa shape index (κ1) is 14.0. The molecule has 1 fully saturated rings. The van der Waals surface area contributed by atoms with Gasteiger partial charge in [-0.3, -0.25) is 9.48 Å². The minimum Gasteiger partial charge on any atom is -0.381 e. The smallest absolute Gasteiger partial charge is 0.227 e. The van der Waals surface area contributed by atoms with Gasteiger partial charge in [-0.15, -0.1) is 0 Å². The maximum absolute atomic E-state index is 12.3. The van der Waals surface area contributed by atoms with Gasteiger partial charge in [-0.05, 0) is 18.9 Å². The topological polar surface area (TPSA) is 82.2 Å². The predicted molar refractivity (Wildman–Crippen MR) is 71.5 cm³/mol. The van der Waals surface area contributed by atoms with E-state index in [1.165, 1.54) is 0 Å². The van der Waals surface area contributed by atoms with Gasteiger partial charge in [0.2, 0.25) is 5.91 Å². The molecule has 0 bridgehead atoms. The molecule has 1 aliphatic rings. The Morgan fingerprint density at radius 3 is 2.89 bits per heavy atom. The Kier molecular flexibility index (Phi) is 4.55. The molecule has 0 unspecified atom stereocenters. The average molecular weight is 266 g/mol. The molecule has 2 heterocycles. The lowest BCUT2D eigenvalue weighted by Gasteiger charge is -2.34. The van der Waals surface area contributed by atoms with E-state index in [0.29, 0.717) is 39.1 Å². The van der Waals surface area contributed by atoms with Gasteiger partial charge in [0.25, 0.3) is 0 Å². The van der Waals surface area contributed by atoms with Crippen molar-refractivity contribution in [3.05, 3.63) is 18.0 Å². The molecule has 1 amide bonds. The fraction of sp³-hybridized carbons (Fsp3) is 0.692. The van der Waals surface area contributed by atoms with Crippen LogP contribution in [0.15, 0.2) is 12.3 Å². The Balaban J connectivity index is 1.84. The molecule has 19 heavy (non-hydrogen) atoms. The number of carbonyl (C=O) groups is 1. The van der Waals surface area contributed by atoms with Crippen LogP contribution < -0.4 is 11.1 Å². The van der Waals surface area contributed by atoms with E-state index in [1.54, 1.807) is 6.20 Å². The third-order valence-corrected chi connectivity index (χ3v) is 3.91. The maximum Gasteiger partial charge on any atom is 0.227 e. The number of aryl methyl sites for hydroxylation is 1. The number of amides is 1. The lowest BCUT2D eigenvalue weighted by Crippen LogP contribution is -2.49. The highest BCUT2D eigenvalue weighted by Gasteiger charge is 2.38. The van der Waals surface area contributed by atoms with E-state index in [0.717, 1.165) is 12.1 Å². The lowest BCUT2D eigenvalue weighted by molar-refractivity contribution is -0.135. The highest BCUT2D eigenvalue weighted by Crippen LogP contribution is 2.29. The average Bonchev–Trinajstić information content (AvgIpc) is 2.85. The first-order chi connectivity index (χ1) is 9.18. The largest absolute Gasteiger partial charge is 0.381 e. The van der Waals surface area contributed by atoms with Gasteiger partial charge >= 0.3 is 0 Å². The van der Waals surface area contributed by atoms with Gasteiger partial charge in [0.1, 0.15) is 0 Å². The first-order valence-corrected chi connectivity index (χ1v) is 6.71. The number of nitrogens with one attached hydrogen (secondary N) is 1. The van der Waals surface area contributed by atoms with Crippen molar-refractivity contribution in [3.8, 4) is 0 Å². The summed E-state index contributed by atoms with van der Waals surface area (Å²) in [7, 11) is 1.90. The SMILES string of the molecule is Cn1nccc1CCNC(=O)C1(CN)CCOCC1. The number of hydrogen-bond donors (Lipinski definition) is 2. The number of ether oxygens (including phenoxy) is 1. The zero-order chi connectivity index (χ0) is 13.7. The minimum atomic E-state index is -0.440. The molecule has 1 aromatic rings. The highest BCUT2D eigenvalue weighted by molar-refractivity contribution is 5.83. The summed E-state index contributed by atoms with van der Waals surface area (Å²) in [5.74, 6) is 0.0560. The minimum absolute atomic E-state index is 0.0560. The van der Waals surface area contributed by atoms with Crippen molar-refractivity contribution in [3.63, 3.8) is 0 Å². The van der Waals surface area contributed by atoms with Crippen LogP contribution in [0.3, 0.4) is 0 Å². The van der Waals surface area contributed by atoms with E-state index in [-0.39, 0.29) is 5.91 Å². The van der Waals surface area contributed by atoms with Gasteiger partial charge < -0.3 is 15.8 Å². The van der Waals surface area contributed by atoms with Gasteiger partial charge in [0.05, 0.1) is 5.41 Å². The summed E-state index contributed by atoms with van der Waals surface area (Å²) in [6.07, 6.45) is 3.96. The number of carbonyl (C=O) groups excluding carboxylic acids is 1. The molecule has 2 rings (SSSR count). The monoisotopic (exact) mass is 266 g/mol. The van der Waals surface area contributed by atoms with Gasteiger partial charge in [-0.2, -0.15) is 5.10 Å². The van der Waals surface area contributed by atoms with Crippen molar-refractivity contribution in [1.82, 2.24) is 15.1 Å². The summed E-state index contributed by atoms with van der Waals surface area (Å²) in [5, 5.41) is 7.10. The molecule has 0 spiro atoms. The molecule has 0 atom stereocenters. The van der Waals surface area contributed by atoms with Crippen LogP contribution in [0, 0.1) is 5.41 Å². The number of aromatic nitrogens is 2. The zero-order valence-corrected chi connectivity index (χ0v) is 11.4. The summed E-state index contributed by atoms with van der Waals surface area (Å²) < 4.78 is 7.13. The van der Waals surface area contributed by atoms with Crippen molar-refractivity contribution in [2.24, 2.45) is 18.2 Å². The Morgan fingerprint density at radius 1 is 1.58 bits per heavy atom. The summed E-state index contributed by atoms with van der Waals surface area (Å²) in [5.41, 5.74) is 6.46. The molecule has 6 nitrogen and oxygen atoms in total. The molecular formula is C13H22N4O2. The summed E-state index contributed by atoms with van der Waals surface area (Å²) in [6.45, 7) is 2.23. The molecule has 0 aromatic carbocycles. The number of hydrogen-bond acceptors (Lipinski definition) is 4. The third-order valence-electron chi connectivity index (χ3n) is 3.91. The maximum atomic E-state index is 12.3. The lowest BCUT2D eigenvalue weighted by atomic mass is 9.79. The molecule has 106 valence electrons. The normalized spacial score (nSPS) is 18.2. The van der Waals surface area contributed by atoms with Gasteiger partial charge in [0, 0.05) is 51.7 Å². The van der Waals surface area contributed by atoms with Crippen molar-refractivity contribution in [2.75, 3.05) is 26.3 Å². The predicted octanol–water partition coefficient (Wildman–Crippen LogP) is -0.166. The van der Waals surface area contributed by atoms with Crippen LogP contribution in [-0.2, 0) is 23.0 Å².